The van der Waals surface area contributed by atoms with Gasteiger partial charge in [0.2, 0.25) is 0 Å². The minimum Gasteiger partial charge on any atom is -0.298 e. The third-order valence-electron chi connectivity index (χ3n) is 1.36. The molecule has 0 aliphatic carbocycles. The van der Waals surface area contributed by atoms with E-state index in [9.17, 15) is 13.6 Å². The molecule has 13 heavy (non-hydrogen) atoms. The molecule has 70 valence electrons. The molecule has 1 rings (SSSR count). The molecule has 6 heteroatoms. The van der Waals surface area contributed by atoms with E-state index in [4.69, 9.17) is 11.6 Å². The lowest BCUT2D eigenvalue weighted by Gasteiger charge is -2.04. The van der Waals surface area contributed by atoms with Crippen LogP contribution in [0.4, 0.5) is 8.78 Å². The summed E-state index contributed by atoms with van der Waals surface area (Å²) < 4.78 is 24.9. The predicted molar refractivity (Wildman–Crippen MR) is 52.3 cm³/mol. The Hall–Kier alpha value is -0.300. The van der Waals surface area contributed by atoms with E-state index in [-0.39, 0.29) is 10.6 Å². The van der Waals surface area contributed by atoms with Gasteiger partial charge in [0.05, 0.1) is 5.02 Å². The minimum absolute atomic E-state index is 0.0626. The predicted octanol–water partition coefficient (Wildman–Crippen LogP) is 3.09. The van der Waals surface area contributed by atoms with Crippen molar-refractivity contribution in [2.45, 2.75) is 6.43 Å². The van der Waals surface area contributed by atoms with Crippen molar-refractivity contribution in [3.05, 3.63) is 26.0 Å². The molecule has 0 spiro atoms. The second kappa shape index (κ2) is 4.28. The van der Waals surface area contributed by atoms with E-state index in [1.54, 1.807) is 22.6 Å². The molecule has 0 N–H and O–H groups in total. The van der Waals surface area contributed by atoms with Gasteiger partial charge in [0.25, 0.3) is 6.43 Å². The maximum Gasteiger partial charge on any atom is 0.281 e. The number of aromatic nitrogens is 1. The van der Waals surface area contributed by atoms with Gasteiger partial charge in [-0.3, -0.25) is 9.78 Å². The number of hydrogen-bond acceptors (Lipinski definition) is 2. The number of aldehydes is 1. The third kappa shape index (κ3) is 2.14. The van der Waals surface area contributed by atoms with Crippen molar-refractivity contribution < 1.29 is 13.6 Å². The van der Waals surface area contributed by atoms with Gasteiger partial charge in [-0.2, -0.15) is 0 Å². The summed E-state index contributed by atoms with van der Waals surface area (Å²) in [6, 6.07) is 0. The molecular formula is C7H3ClF2INO. The second-order valence-electron chi connectivity index (χ2n) is 2.14. The molecule has 2 nitrogen and oxygen atoms in total. The van der Waals surface area contributed by atoms with Gasteiger partial charge >= 0.3 is 0 Å². The number of carbonyl (C=O) groups excluding carboxylic acids is 1. The summed E-state index contributed by atoms with van der Waals surface area (Å²) in [5.41, 5.74) is -0.489. The summed E-state index contributed by atoms with van der Waals surface area (Å²) in [4.78, 5) is 13.9. The Morgan fingerprint density at radius 1 is 1.62 bits per heavy atom. The van der Waals surface area contributed by atoms with E-state index in [1.807, 2.05) is 0 Å². The number of hydrogen-bond donors (Lipinski definition) is 0. The SMILES string of the molecule is O=Cc1c(I)cnc(C(F)F)c1Cl. The summed E-state index contributed by atoms with van der Waals surface area (Å²) in [6.07, 6.45) is -1.13. The fourth-order valence-electron chi connectivity index (χ4n) is 0.755. The molecule has 0 radical (unpaired) electrons. The van der Waals surface area contributed by atoms with Crippen molar-refractivity contribution in [2.75, 3.05) is 0 Å². The molecule has 0 bridgehead atoms. The van der Waals surface area contributed by atoms with Gasteiger partial charge in [0.15, 0.2) is 6.29 Å². The van der Waals surface area contributed by atoms with Crippen molar-refractivity contribution in [2.24, 2.45) is 0 Å². The summed E-state index contributed by atoms with van der Waals surface area (Å²) in [7, 11) is 0. The largest absolute Gasteiger partial charge is 0.298 e. The number of alkyl halides is 2. The van der Waals surface area contributed by atoms with Crippen molar-refractivity contribution in [1.29, 1.82) is 0 Å². The number of nitrogens with zero attached hydrogens (tertiary/aromatic N) is 1. The Bertz CT molecular complexity index is 346. The standard InChI is InChI=1S/C7H3ClF2INO/c8-5-3(2-13)4(11)1-12-6(5)7(9)10/h1-2,7H. The van der Waals surface area contributed by atoms with Crippen LogP contribution in [0.2, 0.25) is 5.02 Å². The zero-order chi connectivity index (χ0) is 10.0. The van der Waals surface area contributed by atoms with Crippen LogP contribution in [-0.4, -0.2) is 11.3 Å². The molecule has 0 aliphatic rings. The van der Waals surface area contributed by atoms with Gasteiger partial charge in [-0.25, -0.2) is 8.78 Å². The molecular weight excluding hydrogens is 314 g/mol. The molecule has 0 saturated carbocycles. The van der Waals surface area contributed by atoms with E-state index in [1.165, 1.54) is 6.20 Å². The lowest BCUT2D eigenvalue weighted by atomic mass is 10.2. The van der Waals surface area contributed by atoms with Gasteiger partial charge < -0.3 is 0 Å². The number of halogens is 4. The smallest absolute Gasteiger partial charge is 0.281 e. The second-order valence-corrected chi connectivity index (χ2v) is 3.68. The van der Waals surface area contributed by atoms with Crippen molar-refractivity contribution in [3.63, 3.8) is 0 Å². The van der Waals surface area contributed by atoms with Gasteiger partial charge in [0.1, 0.15) is 5.69 Å². The minimum atomic E-state index is -2.76. The lowest BCUT2D eigenvalue weighted by Crippen LogP contribution is -1.98. The molecule has 0 unspecified atom stereocenters. The van der Waals surface area contributed by atoms with Gasteiger partial charge in [-0.1, -0.05) is 11.6 Å². The Labute approximate surface area is 91.4 Å². The van der Waals surface area contributed by atoms with Gasteiger partial charge in [0, 0.05) is 15.3 Å². The Balaban J connectivity index is 3.35. The normalized spacial score (nSPS) is 10.5. The molecule has 0 aromatic carbocycles. The molecule has 1 aromatic heterocycles. The fraction of sp³-hybridized carbons (Fsp3) is 0.143. The summed E-state index contributed by atoms with van der Waals surface area (Å²) in [5.74, 6) is 0. The van der Waals surface area contributed by atoms with Crippen LogP contribution in [0.5, 0.6) is 0 Å². The van der Waals surface area contributed by atoms with E-state index < -0.39 is 12.1 Å². The highest BCUT2D eigenvalue weighted by Crippen LogP contribution is 2.29. The van der Waals surface area contributed by atoms with E-state index >= 15 is 0 Å². The van der Waals surface area contributed by atoms with Crippen LogP contribution in [-0.2, 0) is 0 Å². The fourth-order valence-corrected chi connectivity index (χ4v) is 1.73. The van der Waals surface area contributed by atoms with Gasteiger partial charge in [-0.05, 0) is 22.6 Å². The number of rotatable bonds is 2. The summed E-state index contributed by atoms with van der Waals surface area (Å²) in [6.45, 7) is 0. The molecule has 0 saturated heterocycles. The zero-order valence-corrected chi connectivity index (χ0v) is 9.01. The third-order valence-corrected chi connectivity index (χ3v) is 2.62. The summed E-state index contributed by atoms with van der Waals surface area (Å²) in [5, 5.41) is -0.267. The number of carbonyl (C=O) groups is 1. The highest BCUT2D eigenvalue weighted by molar-refractivity contribution is 14.1. The van der Waals surface area contributed by atoms with Crippen LogP contribution in [0.3, 0.4) is 0 Å². The molecule has 0 fully saturated rings. The molecule has 1 heterocycles. The van der Waals surface area contributed by atoms with E-state index in [0.717, 1.165) is 0 Å². The van der Waals surface area contributed by atoms with Crippen LogP contribution < -0.4 is 0 Å². The molecule has 0 aliphatic heterocycles. The monoisotopic (exact) mass is 317 g/mol. The maximum absolute atomic E-state index is 12.2. The highest BCUT2D eigenvalue weighted by atomic mass is 127. The van der Waals surface area contributed by atoms with Crippen LogP contribution in [0.1, 0.15) is 22.5 Å². The highest BCUT2D eigenvalue weighted by Gasteiger charge is 2.18. The van der Waals surface area contributed by atoms with Crippen LogP contribution in [0, 0.1) is 3.57 Å². The topological polar surface area (TPSA) is 30.0 Å². The maximum atomic E-state index is 12.2. The zero-order valence-electron chi connectivity index (χ0n) is 6.10. The van der Waals surface area contributed by atoms with Crippen molar-refractivity contribution >= 4 is 40.5 Å². The Morgan fingerprint density at radius 3 is 2.69 bits per heavy atom. The first-order valence-electron chi connectivity index (χ1n) is 3.15. The van der Waals surface area contributed by atoms with Crippen LogP contribution >= 0.6 is 34.2 Å². The first-order chi connectivity index (χ1) is 6.07. The van der Waals surface area contributed by atoms with E-state index in [0.29, 0.717) is 9.86 Å². The van der Waals surface area contributed by atoms with Crippen LogP contribution in [0.15, 0.2) is 6.20 Å². The first kappa shape index (κ1) is 10.8. The van der Waals surface area contributed by atoms with Crippen molar-refractivity contribution in [1.82, 2.24) is 4.98 Å². The summed E-state index contributed by atoms with van der Waals surface area (Å²) >= 11 is 7.33. The lowest BCUT2D eigenvalue weighted by molar-refractivity contribution is 0.112. The molecule has 0 amide bonds. The van der Waals surface area contributed by atoms with E-state index in [2.05, 4.69) is 4.98 Å². The average Bonchev–Trinajstić information content (AvgIpc) is 2.04. The van der Waals surface area contributed by atoms with Crippen LogP contribution in [0.25, 0.3) is 0 Å². The van der Waals surface area contributed by atoms with Crippen molar-refractivity contribution in [3.8, 4) is 0 Å². The Morgan fingerprint density at radius 2 is 2.23 bits per heavy atom. The first-order valence-corrected chi connectivity index (χ1v) is 4.60. The Kier molecular flexibility index (Phi) is 3.55. The average molecular weight is 317 g/mol. The van der Waals surface area contributed by atoms with Gasteiger partial charge in [-0.15, -0.1) is 0 Å². The number of pyridine rings is 1. The molecule has 0 atom stereocenters. The quantitative estimate of drug-likeness (QED) is 0.620. The molecule has 1 aromatic rings.